The van der Waals surface area contributed by atoms with Gasteiger partial charge in [-0.3, -0.25) is 0 Å². The zero-order chi connectivity index (χ0) is 13.7. The first-order chi connectivity index (χ1) is 9.19. The molecule has 3 nitrogen and oxygen atoms in total. The third-order valence-corrected chi connectivity index (χ3v) is 2.65. The van der Waals surface area contributed by atoms with E-state index >= 15 is 0 Å². The fraction of sp³-hybridized carbons (Fsp3) is 0.0625. The second-order valence-electron chi connectivity index (χ2n) is 4.22. The number of para-hydroxylation sites is 1. The number of phenolic OH excluding ortho intramolecular Hbond substituents is 1. The topological polar surface area (TPSA) is 56.0 Å². The van der Waals surface area contributed by atoms with Crippen LogP contribution in [0, 0.1) is 18.3 Å². The summed E-state index contributed by atoms with van der Waals surface area (Å²) in [4.78, 5) is 0. The van der Waals surface area contributed by atoms with E-state index in [-0.39, 0.29) is 5.75 Å². The Morgan fingerprint density at radius 3 is 2.68 bits per heavy atom. The van der Waals surface area contributed by atoms with Crippen molar-refractivity contribution in [2.75, 3.05) is 5.32 Å². The van der Waals surface area contributed by atoms with Crippen LogP contribution in [0.3, 0.4) is 0 Å². The van der Waals surface area contributed by atoms with Gasteiger partial charge in [-0.2, -0.15) is 5.26 Å². The smallest absolute Gasteiger partial charge is 0.122 e. The monoisotopic (exact) mass is 250 g/mol. The Morgan fingerprint density at radius 2 is 2.00 bits per heavy atom. The molecule has 0 fully saturated rings. The van der Waals surface area contributed by atoms with E-state index < -0.39 is 0 Å². The molecule has 2 rings (SSSR count). The van der Waals surface area contributed by atoms with Crippen LogP contribution in [0.4, 0.5) is 5.69 Å². The lowest BCUT2D eigenvalue weighted by Crippen LogP contribution is -1.97. The van der Waals surface area contributed by atoms with Crippen LogP contribution in [0.25, 0.3) is 6.08 Å². The van der Waals surface area contributed by atoms with Crippen LogP contribution in [0.15, 0.2) is 54.2 Å². The number of nitrogens with zero attached hydrogens (tertiary/aromatic N) is 1. The first-order valence-electron chi connectivity index (χ1n) is 5.92. The molecule has 0 bridgehead atoms. The lowest BCUT2D eigenvalue weighted by Gasteiger charge is -2.06. The van der Waals surface area contributed by atoms with Crippen molar-refractivity contribution in [2.24, 2.45) is 0 Å². The summed E-state index contributed by atoms with van der Waals surface area (Å²) < 4.78 is 0. The average molecular weight is 250 g/mol. The van der Waals surface area contributed by atoms with Gasteiger partial charge in [0.05, 0.1) is 0 Å². The number of rotatable bonds is 3. The third-order valence-electron chi connectivity index (χ3n) is 2.65. The van der Waals surface area contributed by atoms with Crippen LogP contribution < -0.4 is 5.32 Å². The van der Waals surface area contributed by atoms with Crippen molar-refractivity contribution < 1.29 is 5.11 Å². The summed E-state index contributed by atoms with van der Waals surface area (Å²) in [6.45, 7) is 1.99. The Labute approximate surface area is 112 Å². The summed E-state index contributed by atoms with van der Waals surface area (Å²) in [5.41, 5.74) is 2.96. The molecule has 19 heavy (non-hydrogen) atoms. The summed E-state index contributed by atoms with van der Waals surface area (Å²) in [7, 11) is 0. The molecule has 0 aromatic heterocycles. The molecule has 0 aliphatic carbocycles. The molecule has 0 radical (unpaired) electrons. The lowest BCUT2D eigenvalue weighted by atomic mass is 10.1. The third kappa shape index (κ3) is 3.36. The normalized spacial score (nSPS) is 10.8. The standard InChI is InChI=1S/C16H14N2O/c1-12-5-4-7-14(9-12)18-15(11-17)10-13-6-2-3-8-16(13)19/h2-10,18-19H,1H3. The number of aryl methyl sites for hydroxylation is 1. The van der Waals surface area contributed by atoms with Crippen LogP contribution in [0.5, 0.6) is 5.75 Å². The van der Waals surface area contributed by atoms with Crippen molar-refractivity contribution in [3.8, 4) is 11.8 Å². The number of nitrogens with one attached hydrogen (secondary N) is 1. The Hall–Kier alpha value is -2.73. The molecule has 2 aromatic carbocycles. The molecule has 0 aliphatic heterocycles. The highest BCUT2D eigenvalue weighted by molar-refractivity contribution is 5.67. The van der Waals surface area contributed by atoms with Gasteiger partial charge in [-0.15, -0.1) is 0 Å². The van der Waals surface area contributed by atoms with E-state index in [0.29, 0.717) is 11.3 Å². The average Bonchev–Trinajstić information content (AvgIpc) is 2.40. The van der Waals surface area contributed by atoms with E-state index in [9.17, 15) is 5.11 Å². The Balaban J connectivity index is 2.27. The van der Waals surface area contributed by atoms with Gasteiger partial charge in [-0.1, -0.05) is 30.3 Å². The molecule has 0 atom stereocenters. The van der Waals surface area contributed by atoms with Gasteiger partial charge in [-0.25, -0.2) is 0 Å². The minimum atomic E-state index is 0.154. The van der Waals surface area contributed by atoms with Gasteiger partial charge in [0.15, 0.2) is 0 Å². The Bertz CT molecular complexity index is 654. The number of hydrogen-bond acceptors (Lipinski definition) is 3. The van der Waals surface area contributed by atoms with Crippen LogP contribution in [-0.2, 0) is 0 Å². The van der Waals surface area contributed by atoms with Gasteiger partial charge < -0.3 is 10.4 Å². The number of allylic oxidation sites excluding steroid dienone is 1. The molecule has 0 saturated carbocycles. The molecular formula is C16H14N2O. The highest BCUT2D eigenvalue weighted by atomic mass is 16.3. The molecule has 0 aliphatic rings. The first kappa shape index (κ1) is 12.7. The number of phenols is 1. The van der Waals surface area contributed by atoms with Crippen LogP contribution >= 0.6 is 0 Å². The summed E-state index contributed by atoms with van der Waals surface area (Å²) >= 11 is 0. The number of nitriles is 1. The molecule has 0 unspecified atom stereocenters. The van der Waals surface area contributed by atoms with E-state index in [1.807, 2.05) is 37.3 Å². The van der Waals surface area contributed by atoms with Gasteiger partial charge in [0.25, 0.3) is 0 Å². The molecular weight excluding hydrogens is 236 g/mol. The fourth-order valence-corrected chi connectivity index (χ4v) is 1.74. The van der Waals surface area contributed by atoms with Crippen LogP contribution in [-0.4, -0.2) is 5.11 Å². The van der Waals surface area contributed by atoms with Gasteiger partial charge in [0, 0.05) is 11.3 Å². The van der Waals surface area contributed by atoms with Gasteiger partial charge in [-0.05, 0) is 36.8 Å². The molecule has 0 saturated heterocycles. The van der Waals surface area contributed by atoms with Crippen molar-refractivity contribution >= 4 is 11.8 Å². The molecule has 0 spiro atoms. The van der Waals surface area contributed by atoms with Crippen molar-refractivity contribution in [3.05, 3.63) is 65.4 Å². The number of aromatic hydroxyl groups is 1. The second-order valence-corrected chi connectivity index (χ2v) is 4.22. The van der Waals surface area contributed by atoms with Gasteiger partial charge >= 0.3 is 0 Å². The van der Waals surface area contributed by atoms with E-state index in [0.717, 1.165) is 11.3 Å². The highest BCUT2D eigenvalue weighted by Gasteiger charge is 2.01. The predicted octanol–water partition coefficient (Wildman–Crippen LogP) is 3.68. The van der Waals surface area contributed by atoms with Crippen LogP contribution in [0.1, 0.15) is 11.1 Å². The first-order valence-corrected chi connectivity index (χ1v) is 5.92. The van der Waals surface area contributed by atoms with Gasteiger partial charge in [0.2, 0.25) is 0 Å². The predicted molar refractivity (Wildman–Crippen MR) is 76.5 cm³/mol. The second kappa shape index (κ2) is 5.74. The zero-order valence-corrected chi connectivity index (χ0v) is 10.6. The molecule has 3 heteroatoms. The molecule has 2 N–H and O–H groups in total. The minimum Gasteiger partial charge on any atom is -0.507 e. The number of benzene rings is 2. The van der Waals surface area contributed by atoms with Crippen molar-refractivity contribution in [3.63, 3.8) is 0 Å². The van der Waals surface area contributed by atoms with E-state index in [4.69, 9.17) is 5.26 Å². The zero-order valence-electron chi connectivity index (χ0n) is 10.6. The van der Waals surface area contributed by atoms with E-state index in [2.05, 4.69) is 11.4 Å². The van der Waals surface area contributed by atoms with Crippen molar-refractivity contribution in [2.45, 2.75) is 6.92 Å². The maximum atomic E-state index is 9.68. The molecule has 2 aromatic rings. The van der Waals surface area contributed by atoms with E-state index in [1.165, 1.54) is 0 Å². The maximum absolute atomic E-state index is 9.68. The molecule has 0 amide bonds. The quantitative estimate of drug-likeness (QED) is 0.817. The maximum Gasteiger partial charge on any atom is 0.122 e. The molecule has 94 valence electrons. The minimum absolute atomic E-state index is 0.154. The molecule has 0 heterocycles. The van der Waals surface area contributed by atoms with Crippen molar-refractivity contribution in [1.82, 2.24) is 0 Å². The van der Waals surface area contributed by atoms with Gasteiger partial charge in [0.1, 0.15) is 17.5 Å². The number of hydrogen-bond donors (Lipinski definition) is 2. The summed E-state index contributed by atoms with van der Waals surface area (Å²) in [6, 6.07) is 16.7. The SMILES string of the molecule is Cc1cccc(NC(C#N)=Cc2ccccc2O)c1. The Kier molecular flexibility index (Phi) is 3.84. The largest absolute Gasteiger partial charge is 0.507 e. The van der Waals surface area contributed by atoms with Crippen molar-refractivity contribution in [1.29, 1.82) is 5.26 Å². The number of anilines is 1. The Morgan fingerprint density at radius 1 is 1.21 bits per heavy atom. The summed E-state index contributed by atoms with van der Waals surface area (Å²) in [6.07, 6.45) is 1.62. The fourth-order valence-electron chi connectivity index (χ4n) is 1.74. The van der Waals surface area contributed by atoms with E-state index in [1.54, 1.807) is 24.3 Å². The summed E-state index contributed by atoms with van der Waals surface area (Å²) in [5.74, 6) is 0.154. The van der Waals surface area contributed by atoms with Crippen LogP contribution in [0.2, 0.25) is 0 Å². The summed E-state index contributed by atoms with van der Waals surface area (Å²) in [5, 5.41) is 21.9. The lowest BCUT2D eigenvalue weighted by molar-refractivity contribution is 0.474. The highest BCUT2D eigenvalue weighted by Crippen LogP contribution is 2.20.